The van der Waals surface area contributed by atoms with Crippen LogP contribution in [-0.2, 0) is 27.3 Å². The van der Waals surface area contributed by atoms with E-state index in [1.165, 1.54) is 4.90 Å². The monoisotopic (exact) mass is 500 g/mol. The molecule has 1 N–H and O–H groups in total. The molecule has 0 bridgehead atoms. The first-order valence-electron chi connectivity index (χ1n) is 12.6. The van der Waals surface area contributed by atoms with E-state index >= 15 is 0 Å². The number of imide groups is 1. The molecule has 3 heterocycles. The van der Waals surface area contributed by atoms with Gasteiger partial charge in [-0.05, 0) is 67.1 Å². The third kappa shape index (κ3) is 5.19. The topological polar surface area (TPSA) is 120 Å². The van der Waals surface area contributed by atoms with Crippen LogP contribution in [-0.4, -0.2) is 58.7 Å². The van der Waals surface area contributed by atoms with E-state index in [1.807, 2.05) is 17.0 Å². The van der Waals surface area contributed by atoms with Crippen molar-refractivity contribution < 1.29 is 23.9 Å². The number of nitrogens with zero attached hydrogens (tertiary/aromatic N) is 3. The van der Waals surface area contributed by atoms with Gasteiger partial charge in [-0.25, -0.2) is 0 Å². The number of rotatable bonds is 6. The highest BCUT2D eigenvalue weighted by atomic mass is 16.5. The number of ether oxygens (including phenoxy) is 1. The molecule has 37 heavy (non-hydrogen) atoms. The Balaban J connectivity index is 1.22. The van der Waals surface area contributed by atoms with Crippen LogP contribution in [0.3, 0.4) is 0 Å². The Bertz CT molecular complexity index is 1300. The van der Waals surface area contributed by atoms with Crippen LogP contribution >= 0.6 is 0 Å². The summed E-state index contributed by atoms with van der Waals surface area (Å²) in [6.07, 6.45) is 3.57. The molecule has 2 atom stereocenters. The summed E-state index contributed by atoms with van der Waals surface area (Å²) in [7, 11) is 0. The molecular formula is C28H28N4O5. The normalized spacial score (nSPS) is 21.3. The molecule has 0 saturated carbocycles. The molecule has 190 valence electrons. The summed E-state index contributed by atoms with van der Waals surface area (Å²) in [6, 6.07) is 13.8. The number of hydrogen-bond donors (Lipinski definition) is 1. The smallest absolute Gasteiger partial charge is 0.255 e. The third-order valence-corrected chi connectivity index (χ3v) is 7.30. The fourth-order valence-corrected chi connectivity index (χ4v) is 5.36. The molecule has 0 aliphatic carbocycles. The number of piperidine rings is 2. The number of carbonyl (C=O) groups excluding carboxylic acids is 4. The Kier molecular flexibility index (Phi) is 6.91. The Labute approximate surface area is 215 Å². The first-order chi connectivity index (χ1) is 17.9. The van der Waals surface area contributed by atoms with Gasteiger partial charge in [0.15, 0.2) is 0 Å². The molecule has 2 aromatic rings. The first-order valence-corrected chi connectivity index (χ1v) is 12.6. The lowest BCUT2D eigenvalue weighted by Gasteiger charge is -2.35. The summed E-state index contributed by atoms with van der Waals surface area (Å²) in [5.74, 6) is -0.345. The molecule has 0 aromatic heterocycles. The highest BCUT2D eigenvalue weighted by molar-refractivity contribution is 6.05. The number of hydrogen-bond acceptors (Lipinski definition) is 6. The minimum Gasteiger partial charge on any atom is -0.491 e. The lowest BCUT2D eigenvalue weighted by atomic mass is 10.0. The predicted molar refractivity (Wildman–Crippen MR) is 132 cm³/mol. The van der Waals surface area contributed by atoms with Gasteiger partial charge in [-0.3, -0.25) is 24.5 Å². The van der Waals surface area contributed by atoms with Crippen LogP contribution < -0.4 is 10.1 Å². The van der Waals surface area contributed by atoms with E-state index in [1.54, 1.807) is 30.3 Å². The van der Waals surface area contributed by atoms with E-state index in [2.05, 4.69) is 11.4 Å². The number of likely N-dealkylation sites (tertiary alicyclic amines) is 1. The van der Waals surface area contributed by atoms with Crippen LogP contribution in [0, 0.1) is 11.3 Å². The number of fused-ring (bicyclic) bond motifs is 1. The summed E-state index contributed by atoms with van der Waals surface area (Å²) in [5.41, 5.74) is 2.67. The maximum Gasteiger partial charge on any atom is 0.255 e. The Morgan fingerprint density at radius 2 is 1.97 bits per heavy atom. The molecule has 2 saturated heterocycles. The first kappa shape index (κ1) is 24.5. The number of nitrogens with one attached hydrogen (secondary N) is 1. The minimum atomic E-state index is -0.655. The van der Waals surface area contributed by atoms with Crippen molar-refractivity contribution in [1.82, 2.24) is 15.1 Å². The van der Waals surface area contributed by atoms with Crippen molar-refractivity contribution in [3.63, 3.8) is 0 Å². The average Bonchev–Trinajstić information content (AvgIpc) is 3.23. The fourth-order valence-electron chi connectivity index (χ4n) is 5.36. The Morgan fingerprint density at radius 3 is 2.78 bits per heavy atom. The maximum atomic E-state index is 13.1. The molecule has 3 aliphatic heterocycles. The second-order valence-electron chi connectivity index (χ2n) is 9.76. The summed E-state index contributed by atoms with van der Waals surface area (Å²) in [4.78, 5) is 53.1. The lowest BCUT2D eigenvalue weighted by Crippen LogP contribution is -2.52. The van der Waals surface area contributed by atoms with Crippen LogP contribution in [0.4, 0.5) is 0 Å². The van der Waals surface area contributed by atoms with Gasteiger partial charge in [0.2, 0.25) is 17.7 Å². The van der Waals surface area contributed by atoms with Gasteiger partial charge in [-0.1, -0.05) is 12.1 Å². The maximum absolute atomic E-state index is 13.1. The summed E-state index contributed by atoms with van der Waals surface area (Å²) < 4.78 is 6.10. The molecule has 0 spiro atoms. The van der Waals surface area contributed by atoms with Crippen LogP contribution in [0.2, 0.25) is 0 Å². The zero-order valence-electron chi connectivity index (χ0n) is 20.4. The molecule has 9 heteroatoms. The van der Waals surface area contributed by atoms with Crippen molar-refractivity contribution in [1.29, 1.82) is 5.26 Å². The van der Waals surface area contributed by atoms with E-state index in [-0.39, 0.29) is 43.1 Å². The van der Waals surface area contributed by atoms with Crippen LogP contribution in [0.5, 0.6) is 5.75 Å². The molecule has 4 amide bonds. The molecule has 0 radical (unpaired) electrons. The molecule has 2 aromatic carbocycles. The number of amides is 4. The number of nitriles is 1. The lowest BCUT2D eigenvalue weighted by molar-refractivity contribution is -0.137. The molecule has 9 nitrogen and oxygen atoms in total. The molecule has 1 unspecified atom stereocenters. The van der Waals surface area contributed by atoms with E-state index in [0.29, 0.717) is 36.4 Å². The van der Waals surface area contributed by atoms with E-state index in [4.69, 9.17) is 10.00 Å². The van der Waals surface area contributed by atoms with Gasteiger partial charge in [0.25, 0.3) is 5.91 Å². The molecule has 3 aliphatic rings. The Hall–Kier alpha value is -4.19. The van der Waals surface area contributed by atoms with Gasteiger partial charge in [0, 0.05) is 25.1 Å². The van der Waals surface area contributed by atoms with Crippen LogP contribution in [0.1, 0.15) is 59.2 Å². The second-order valence-corrected chi connectivity index (χ2v) is 9.76. The van der Waals surface area contributed by atoms with E-state index in [0.717, 1.165) is 30.4 Å². The number of carbonyl (C=O) groups is 4. The van der Waals surface area contributed by atoms with Gasteiger partial charge >= 0.3 is 0 Å². The Morgan fingerprint density at radius 1 is 1.11 bits per heavy atom. The highest BCUT2D eigenvalue weighted by Crippen LogP contribution is 2.30. The van der Waals surface area contributed by atoms with E-state index < -0.39 is 11.9 Å². The van der Waals surface area contributed by atoms with Crippen molar-refractivity contribution in [2.75, 3.05) is 13.2 Å². The van der Waals surface area contributed by atoms with Gasteiger partial charge in [0.05, 0.1) is 24.1 Å². The summed E-state index contributed by atoms with van der Waals surface area (Å²) in [6.45, 7) is 1.30. The highest BCUT2D eigenvalue weighted by Gasteiger charge is 2.39. The van der Waals surface area contributed by atoms with Crippen molar-refractivity contribution in [3.05, 3.63) is 64.7 Å². The minimum absolute atomic E-state index is 0.0165. The zero-order chi connectivity index (χ0) is 25.9. The predicted octanol–water partition coefficient (Wildman–Crippen LogP) is 2.32. The van der Waals surface area contributed by atoms with Crippen molar-refractivity contribution in [3.8, 4) is 11.8 Å². The standard InChI is InChI=1S/C28H28N4O5/c29-15-19-5-3-4-18(12-19)13-26(34)31-11-2-1-6-21(31)17-37-22-7-8-23-20(14-22)16-32(28(23)36)24-9-10-25(33)30-27(24)35/h3-5,7-8,12,14,21,24H,1-2,6,9-11,13,16-17H2,(H,30,33,35)/t21-,24?/m1/s1. The fraction of sp³-hybridized carbons (Fsp3) is 0.393. The largest absolute Gasteiger partial charge is 0.491 e. The number of benzene rings is 2. The van der Waals surface area contributed by atoms with Gasteiger partial charge in [0.1, 0.15) is 18.4 Å². The molecule has 2 fully saturated rings. The molecule has 5 rings (SSSR count). The molecular weight excluding hydrogens is 472 g/mol. The third-order valence-electron chi connectivity index (χ3n) is 7.30. The van der Waals surface area contributed by atoms with Gasteiger partial charge in [-0.15, -0.1) is 0 Å². The quantitative estimate of drug-likeness (QED) is 0.608. The van der Waals surface area contributed by atoms with E-state index in [9.17, 15) is 19.2 Å². The van der Waals surface area contributed by atoms with Gasteiger partial charge < -0.3 is 14.5 Å². The van der Waals surface area contributed by atoms with Gasteiger partial charge in [-0.2, -0.15) is 5.26 Å². The SMILES string of the molecule is N#Cc1cccc(CC(=O)N2CCCC[C@@H]2COc2ccc3c(c2)CN(C2CCC(=O)NC2=O)C3=O)c1. The summed E-state index contributed by atoms with van der Waals surface area (Å²) >= 11 is 0. The zero-order valence-corrected chi connectivity index (χ0v) is 20.4. The average molecular weight is 501 g/mol. The van der Waals surface area contributed by atoms with Crippen LogP contribution in [0.25, 0.3) is 0 Å². The van der Waals surface area contributed by atoms with Crippen molar-refractivity contribution in [2.45, 2.75) is 57.2 Å². The van der Waals surface area contributed by atoms with Crippen molar-refractivity contribution in [2.24, 2.45) is 0 Å². The van der Waals surface area contributed by atoms with Crippen molar-refractivity contribution >= 4 is 23.6 Å². The second kappa shape index (κ2) is 10.4. The van der Waals surface area contributed by atoms with Crippen LogP contribution in [0.15, 0.2) is 42.5 Å². The summed E-state index contributed by atoms with van der Waals surface area (Å²) in [5, 5.41) is 11.4.